The Morgan fingerprint density at radius 3 is 3.00 bits per heavy atom. The van der Waals surface area contributed by atoms with Crippen molar-refractivity contribution in [1.82, 2.24) is 9.88 Å². The number of nitrogens with zero attached hydrogens (tertiary/aromatic N) is 2. The number of aromatic nitrogens is 1. The molecule has 0 aliphatic carbocycles. The van der Waals surface area contributed by atoms with Crippen LogP contribution in [-0.2, 0) is 4.79 Å². The monoisotopic (exact) mass is 401 g/mol. The van der Waals surface area contributed by atoms with E-state index < -0.39 is 0 Å². The van der Waals surface area contributed by atoms with Crippen molar-refractivity contribution in [2.24, 2.45) is 0 Å². The Morgan fingerprint density at radius 2 is 2.22 bits per heavy atom. The molecule has 1 aromatic heterocycles. The maximum absolute atomic E-state index is 12.5. The van der Waals surface area contributed by atoms with Crippen molar-refractivity contribution in [3.05, 3.63) is 52.5 Å². The molecule has 1 atom stereocenters. The van der Waals surface area contributed by atoms with Gasteiger partial charge < -0.3 is 10.1 Å². The summed E-state index contributed by atoms with van der Waals surface area (Å²) < 4.78 is 6.33. The van der Waals surface area contributed by atoms with Crippen molar-refractivity contribution < 1.29 is 9.53 Å². The number of methoxy groups -OCH3 is 1. The molecule has 0 bridgehead atoms. The number of halogens is 1. The van der Waals surface area contributed by atoms with Gasteiger partial charge in [0.25, 0.3) is 0 Å². The van der Waals surface area contributed by atoms with Crippen molar-refractivity contribution in [2.45, 2.75) is 18.9 Å². The summed E-state index contributed by atoms with van der Waals surface area (Å²) in [5.41, 5.74) is 1.70. The number of hydrogen-bond acceptors (Lipinski definition) is 5. The van der Waals surface area contributed by atoms with Crippen LogP contribution in [0, 0.1) is 0 Å². The number of carbonyl (C=O) groups excluding carboxylic acids is 1. The first kappa shape index (κ1) is 18.2. The van der Waals surface area contributed by atoms with E-state index >= 15 is 0 Å². The zero-order chi connectivity index (χ0) is 18.8. The second-order valence-electron chi connectivity index (χ2n) is 6.55. The van der Waals surface area contributed by atoms with E-state index in [1.54, 1.807) is 36.6 Å². The van der Waals surface area contributed by atoms with Crippen molar-refractivity contribution in [1.29, 1.82) is 0 Å². The molecule has 0 saturated carbocycles. The lowest BCUT2D eigenvalue weighted by molar-refractivity contribution is -0.117. The van der Waals surface area contributed by atoms with Crippen LogP contribution in [0.1, 0.15) is 23.9 Å². The molecule has 1 aliphatic rings. The second kappa shape index (κ2) is 7.84. The lowest BCUT2D eigenvalue weighted by atomic mass is 10.2. The Kier molecular flexibility index (Phi) is 5.29. The van der Waals surface area contributed by atoms with Gasteiger partial charge in [0.05, 0.1) is 34.9 Å². The number of nitrogens with one attached hydrogen (secondary N) is 1. The van der Waals surface area contributed by atoms with Gasteiger partial charge in [0.15, 0.2) is 0 Å². The van der Waals surface area contributed by atoms with Gasteiger partial charge >= 0.3 is 0 Å². The topological polar surface area (TPSA) is 54.5 Å². The number of para-hydroxylation sites is 1. The zero-order valence-electron chi connectivity index (χ0n) is 14.9. The summed E-state index contributed by atoms with van der Waals surface area (Å²) in [4.78, 5) is 19.5. The van der Waals surface area contributed by atoms with Gasteiger partial charge in [-0.3, -0.25) is 9.69 Å². The van der Waals surface area contributed by atoms with Gasteiger partial charge in [-0.15, -0.1) is 11.3 Å². The number of benzene rings is 2. The number of likely N-dealkylation sites (tertiary alicyclic amines) is 1. The molecule has 1 saturated heterocycles. The normalized spacial score (nSPS) is 17.3. The molecule has 1 amide bonds. The fourth-order valence-corrected chi connectivity index (χ4v) is 4.85. The number of amides is 1. The Hall–Kier alpha value is -2.15. The molecule has 0 spiro atoms. The molecule has 140 valence electrons. The fourth-order valence-electron chi connectivity index (χ4n) is 3.46. The lowest BCUT2D eigenvalue weighted by Crippen LogP contribution is -2.32. The summed E-state index contributed by atoms with van der Waals surface area (Å²) >= 11 is 7.85. The summed E-state index contributed by atoms with van der Waals surface area (Å²) in [6, 6.07) is 13.6. The standard InChI is InChI=1S/C20H20ClN3O2S/c1-26-17-9-8-13(11-14(17)21)22-19(25)12-24-10-4-6-16(24)20-23-15-5-2-3-7-18(15)27-20/h2-3,5,7-9,11,16H,4,6,10,12H2,1H3,(H,22,25)/t16-/m0/s1. The molecule has 7 heteroatoms. The third-order valence-electron chi connectivity index (χ3n) is 4.74. The van der Waals surface area contributed by atoms with E-state index in [0.29, 0.717) is 23.0 Å². The third kappa shape index (κ3) is 3.93. The van der Waals surface area contributed by atoms with Crippen LogP contribution in [0.4, 0.5) is 5.69 Å². The van der Waals surface area contributed by atoms with E-state index in [1.807, 2.05) is 18.2 Å². The predicted octanol–water partition coefficient (Wildman–Crippen LogP) is 4.73. The predicted molar refractivity (Wildman–Crippen MR) is 110 cm³/mol. The summed E-state index contributed by atoms with van der Waals surface area (Å²) in [7, 11) is 1.56. The molecule has 5 nitrogen and oxygen atoms in total. The van der Waals surface area contributed by atoms with Crippen LogP contribution in [-0.4, -0.2) is 36.0 Å². The summed E-state index contributed by atoms with van der Waals surface area (Å²) in [6.45, 7) is 1.24. The SMILES string of the molecule is COc1ccc(NC(=O)CN2CCC[C@H]2c2nc3ccccc3s2)cc1Cl. The number of hydrogen-bond donors (Lipinski definition) is 1. The van der Waals surface area contributed by atoms with Crippen molar-refractivity contribution in [2.75, 3.05) is 25.5 Å². The minimum atomic E-state index is -0.0516. The van der Waals surface area contributed by atoms with E-state index in [9.17, 15) is 4.79 Å². The van der Waals surface area contributed by atoms with E-state index in [2.05, 4.69) is 16.3 Å². The minimum Gasteiger partial charge on any atom is -0.495 e. The molecule has 2 heterocycles. The molecule has 1 aliphatic heterocycles. The Labute approximate surface area is 166 Å². The van der Waals surface area contributed by atoms with Gasteiger partial charge in [-0.1, -0.05) is 23.7 Å². The first-order chi connectivity index (χ1) is 13.1. The molecular formula is C20H20ClN3O2S. The van der Waals surface area contributed by atoms with Gasteiger partial charge in [-0.2, -0.15) is 0 Å². The molecule has 0 unspecified atom stereocenters. The van der Waals surface area contributed by atoms with E-state index in [1.165, 1.54) is 4.70 Å². The quantitative estimate of drug-likeness (QED) is 0.671. The van der Waals surface area contributed by atoms with Crippen LogP contribution in [0.3, 0.4) is 0 Å². The minimum absolute atomic E-state index is 0.0516. The van der Waals surface area contributed by atoms with Gasteiger partial charge in [0.1, 0.15) is 10.8 Å². The van der Waals surface area contributed by atoms with Gasteiger partial charge in [0, 0.05) is 5.69 Å². The Morgan fingerprint density at radius 1 is 1.37 bits per heavy atom. The number of anilines is 1. The molecule has 3 aromatic rings. The molecule has 2 aromatic carbocycles. The van der Waals surface area contributed by atoms with Crippen LogP contribution < -0.4 is 10.1 Å². The maximum atomic E-state index is 12.5. The molecule has 1 fully saturated rings. The van der Waals surface area contributed by atoms with Gasteiger partial charge in [-0.05, 0) is 49.7 Å². The number of carbonyl (C=O) groups is 1. The fraction of sp³-hybridized carbons (Fsp3) is 0.300. The summed E-state index contributed by atoms with van der Waals surface area (Å²) in [5, 5.41) is 4.49. The van der Waals surface area contributed by atoms with Gasteiger partial charge in [0.2, 0.25) is 5.91 Å². The number of ether oxygens (including phenoxy) is 1. The van der Waals surface area contributed by atoms with Crippen LogP contribution in [0.2, 0.25) is 5.02 Å². The van der Waals surface area contributed by atoms with E-state index in [0.717, 1.165) is 29.9 Å². The second-order valence-corrected chi connectivity index (χ2v) is 8.02. The first-order valence-corrected chi connectivity index (χ1v) is 10.1. The highest BCUT2D eigenvalue weighted by molar-refractivity contribution is 7.18. The smallest absolute Gasteiger partial charge is 0.238 e. The maximum Gasteiger partial charge on any atom is 0.238 e. The lowest BCUT2D eigenvalue weighted by Gasteiger charge is -2.22. The Bertz CT molecular complexity index is 942. The molecule has 0 radical (unpaired) electrons. The average molecular weight is 402 g/mol. The molecule has 4 rings (SSSR count). The van der Waals surface area contributed by atoms with Crippen LogP contribution in [0.15, 0.2) is 42.5 Å². The highest BCUT2D eigenvalue weighted by Gasteiger charge is 2.30. The van der Waals surface area contributed by atoms with Crippen LogP contribution in [0.25, 0.3) is 10.2 Å². The summed E-state index contributed by atoms with van der Waals surface area (Å²) in [6.07, 6.45) is 2.10. The van der Waals surface area contributed by atoms with Crippen molar-refractivity contribution >= 4 is 44.7 Å². The highest BCUT2D eigenvalue weighted by Crippen LogP contribution is 2.36. The van der Waals surface area contributed by atoms with E-state index in [-0.39, 0.29) is 11.9 Å². The van der Waals surface area contributed by atoms with Crippen molar-refractivity contribution in [3.63, 3.8) is 0 Å². The molecular weight excluding hydrogens is 382 g/mol. The van der Waals surface area contributed by atoms with Crippen LogP contribution >= 0.6 is 22.9 Å². The number of rotatable bonds is 5. The number of fused-ring (bicyclic) bond motifs is 1. The largest absolute Gasteiger partial charge is 0.495 e. The summed E-state index contributed by atoms with van der Waals surface area (Å²) in [5.74, 6) is 0.536. The molecule has 27 heavy (non-hydrogen) atoms. The first-order valence-electron chi connectivity index (χ1n) is 8.87. The average Bonchev–Trinajstić information content (AvgIpc) is 3.27. The van der Waals surface area contributed by atoms with Crippen LogP contribution in [0.5, 0.6) is 5.75 Å². The Balaban J connectivity index is 1.44. The zero-order valence-corrected chi connectivity index (χ0v) is 16.5. The van der Waals surface area contributed by atoms with E-state index in [4.69, 9.17) is 21.3 Å². The van der Waals surface area contributed by atoms with Gasteiger partial charge in [-0.25, -0.2) is 4.98 Å². The van der Waals surface area contributed by atoms with Crippen molar-refractivity contribution in [3.8, 4) is 5.75 Å². The highest BCUT2D eigenvalue weighted by atomic mass is 35.5. The number of thiazole rings is 1. The third-order valence-corrected chi connectivity index (χ3v) is 6.17. The molecule has 1 N–H and O–H groups in total.